The number of aryl methyl sites for hydroxylation is 1. The summed E-state index contributed by atoms with van der Waals surface area (Å²) in [4.78, 5) is 10.0. The van der Waals surface area contributed by atoms with Gasteiger partial charge in [-0.05, 0) is 31.2 Å². The number of rotatable bonds is 7. The minimum atomic E-state index is 0.481. The van der Waals surface area contributed by atoms with Gasteiger partial charge >= 0.3 is 6.01 Å². The lowest BCUT2D eigenvalue weighted by Crippen LogP contribution is -2.17. The van der Waals surface area contributed by atoms with Crippen molar-refractivity contribution in [2.45, 2.75) is 38.8 Å². The van der Waals surface area contributed by atoms with Gasteiger partial charge in [-0.15, -0.1) is 11.3 Å². The molecular formula is C15H19N3OS. The van der Waals surface area contributed by atoms with Gasteiger partial charge < -0.3 is 10.1 Å². The van der Waals surface area contributed by atoms with E-state index in [0.29, 0.717) is 18.7 Å². The first kappa shape index (κ1) is 13.5. The van der Waals surface area contributed by atoms with Crippen molar-refractivity contribution in [3.63, 3.8) is 0 Å². The van der Waals surface area contributed by atoms with Gasteiger partial charge in [0.15, 0.2) is 0 Å². The Kier molecular flexibility index (Phi) is 4.28. The number of ether oxygens (including phenoxy) is 1. The highest BCUT2D eigenvalue weighted by molar-refractivity contribution is 7.09. The molecule has 0 amide bonds. The minimum absolute atomic E-state index is 0.481. The van der Waals surface area contributed by atoms with Crippen molar-refractivity contribution >= 4 is 11.3 Å². The number of aromatic nitrogens is 2. The average molecular weight is 289 g/mol. The molecule has 1 aliphatic carbocycles. The number of hydrogen-bond donors (Lipinski definition) is 1. The fourth-order valence-corrected chi connectivity index (χ4v) is 2.64. The Balaban J connectivity index is 1.50. The van der Waals surface area contributed by atoms with Crippen LogP contribution in [0, 0.1) is 6.92 Å². The fraction of sp³-hybridized carbons (Fsp3) is 0.467. The molecule has 1 N–H and O–H groups in total. The zero-order valence-corrected chi connectivity index (χ0v) is 12.4. The van der Waals surface area contributed by atoms with Crippen LogP contribution in [0.3, 0.4) is 0 Å². The molecular weight excluding hydrogens is 270 g/mol. The molecule has 0 bridgehead atoms. The lowest BCUT2D eigenvalue weighted by atomic mass is 10.2. The molecule has 4 nitrogen and oxygen atoms in total. The zero-order chi connectivity index (χ0) is 13.8. The molecule has 0 spiro atoms. The molecule has 5 heteroatoms. The molecule has 0 atom stereocenters. The molecule has 0 unspecified atom stereocenters. The van der Waals surface area contributed by atoms with Crippen LogP contribution in [0.2, 0.25) is 0 Å². The predicted molar refractivity (Wildman–Crippen MR) is 80.1 cm³/mol. The van der Waals surface area contributed by atoms with Gasteiger partial charge in [-0.3, -0.25) is 0 Å². The van der Waals surface area contributed by atoms with Gasteiger partial charge in [0.05, 0.1) is 6.61 Å². The Bertz CT molecular complexity index is 552. The van der Waals surface area contributed by atoms with E-state index < -0.39 is 0 Å². The Labute approximate surface area is 123 Å². The van der Waals surface area contributed by atoms with Crippen LogP contribution in [-0.4, -0.2) is 22.6 Å². The van der Waals surface area contributed by atoms with E-state index in [4.69, 9.17) is 4.74 Å². The van der Waals surface area contributed by atoms with Crippen LogP contribution in [0.4, 0.5) is 0 Å². The Hall–Kier alpha value is -1.46. The summed E-state index contributed by atoms with van der Waals surface area (Å²) in [6.07, 6.45) is 5.37. The summed E-state index contributed by atoms with van der Waals surface area (Å²) in [7, 11) is 0. The van der Waals surface area contributed by atoms with Gasteiger partial charge in [0.25, 0.3) is 0 Å². The van der Waals surface area contributed by atoms with E-state index in [1.807, 2.05) is 13.1 Å². The molecule has 2 aromatic heterocycles. The molecule has 0 aromatic carbocycles. The van der Waals surface area contributed by atoms with E-state index in [-0.39, 0.29) is 0 Å². The standard InChI is InChI=1S/C15H19N3OS/c1-11-12(9-16-13-4-5-13)10-17-15(18-11)19-7-6-14-3-2-8-20-14/h2-3,8,10,13,16H,4-7,9H2,1H3. The Morgan fingerprint density at radius 1 is 1.45 bits per heavy atom. The molecule has 1 fully saturated rings. The van der Waals surface area contributed by atoms with Gasteiger partial charge in [0, 0.05) is 41.3 Å². The molecule has 106 valence electrons. The van der Waals surface area contributed by atoms with E-state index >= 15 is 0 Å². The quantitative estimate of drug-likeness (QED) is 0.851. The Morgan fingerprint density at radius 3 is 3.05 bits per heavy atom. The summed E-state index contributed by atoms with van der Waals surface area (Å²) < 4.78 is 5.62. The van der Waals surface area contributed by atoms with Gasteiger partial charge in [-0.2, -0.15) is 0 Å². The monoisotopic (exact) mass is 289 g/mol. The molecule has 2 heterocycles. The molecule has 0 aliphatic heterocycles. The van der Waals surface area contributed by atoms with Gasteiger partial charge in [-0.1, -0.05) is 6.07 Å². The minimum Gasteiger partial charge on any atom is -0.463 e. The van der Waals surface area contributed by atoms with Crippen molar-refractivity contribution < 1.29 is 4.74 Å². The first-order chi connectivity index (χ1) is 9.81. The van der Waals surface area contributed by atoms with Crippen molar-refractivity contribution in [2.75, 3.05) is 6.61 Å². The normalized spacial score (nSPS) is 14.4. The molecule has 1 aliphatic rings. The summed E-state index contributed by atoms with van der Waals surface area (Å²) in [6, 6.07) is 5.36. The molecule has 2 aromatic rings. The van der Waals surface area contributed by atoms with Crippen LogP contribution in [0.15, 0.2) is 23.7 Å². The average Bonchev–Trinajstić information content (AvgIpc) is 3.13. The molecule has 3 rings (SSSR count). The topological polar surface area (TPSA) is 47.0 Å². The summed E-state index contributed by atoms with van der Waals surface area (Å²) >= 11 is 1.75. The lowest BCUT2D eigenvalue weighted by Gasteiger charge is -2.08. The maximum atomic E-state index is 5.62. The Morgan fingerprint density at radius 2 is 2.35 bits per heavy atom. The second kappa shape index (κ2) is 6.33. The van der Waals surface area contributed by atoms with Crippen molar-refractivity contribution in [1.29, 1.82) is 0 Å². The largest absolute Gasteiger partial charge is 0.463 e. The summed E-state index contributed by atoms with van der Waals surface area (Å²) in [5, 5.41) is 5.56. The number of thiophene rings is 1. The lowest BCUT2D eigenvalue weighted by molar-refractivity contribution is 0.296. The van der Waals surface area contributed by atoms with Crippen LogP contribution < -0.4 is 10.1 Å². The molecule has 20 heavy (non-hydrogen) atoms. The van der Waals surface area contributed by atoms with E-state index in [2.05, 4.69) is 32.8 Å². The second-order valence-corrected chi connectivity index (χ2v) is 6.13. The first-order valence-corrected chi connectivity index (χ1v) is 7.90. The van der Waals surface area contributed by atoms with Crippen molar-refractivity contribution in [2.24, 2.45) is 0 Å². The second-order valence-electron chi connectivity index (χ2n) is 5.10. The van der Waals surface area contributed by atoms with Crippen LogP contribution >= 0.6 is 11.3 Å². The number of hydrogen-bond acceptors (Lipinski definition) is 5. The summed E-state index contributed by atoms with van der Waals surface area (Å²) in [5.41, 5.74) is 2.15. The van der Waals surface area contributed by atoms with E-state index in [9.17, 15) is 0 Å². The highest BCUT2D eigenvalue weighted by atomic mass is 32.1. The van der Waals surface area contributed by atoms with Crippen LogP contribution in [0.5, 0.6) is 6.01 Å². The molecule has 1 saturated carbocycles. The highest BCUT2D eigenvalue weighted by Crippen LogP contribution is 2.19. The SMILES string of the molecule is Cc1nc(OCCc2cccs2)ncc1CNC1CC1. The predicted octanol–water partition coefficient (Wildman–Crippen LogP) is 2.72. The van der Waals surface area contributed by atoms with E-state index in [0.717, 1.165) is 24.2 Å². The third-order valence-electron chi connectivity index (χ3n) is 3.38. The first-order valence-electron chi connectivity index (χ1n) is 7.02. The summed E-state index contributed by atoms with van der Waals surface area (Å²) in [5.74, 6) is 0. The van der Waals surface area contributed by atoms with Gasteiger partial charge in [0.1, 0.15) is 0 Å². The van der Waals surface area contributed by atoms with Crippen LogP contribution in [0.1, 0.15) is 29.0 Å². The third kappa shape index (κ3) is 3.77. The van der Waals surface area contributed by atoms with Crippen molar-refractivity contribution in [3.05, 3.63) is 39.8 Å². The van der Waals surface area contributed by atoms with Crippen molar-refractivity contribution in [1.82, 2.24) is 15.3 Å². The smallest absolute Gasteiger partial charge is 0.316 e. The summed E-state index contributed by atoms with van der Waals surface area (Å²) in [6.45, 7) is 3.49. The van der Waals surface area contributed by atoms with Crippen LogP contribution in [-0.2, 0) is 13.0 Å². The van der Waals surface area contributed by atoms with Crippen LogP contribution in [0.25, 0.3) is 0 Å². The number of nitrogens with zero attached hydrogens (tertiary/aromatic N) is 2. The maximum absolute atomic E-state index is 5.62. The highest BCUT2D eigenvalue weighted by Gasteiger charge is 2.20. The van der Waals surface area contributed by atoms with E-state index in [1.165, 1.54) is 17.7 Å². The van der Waals surface area contributed by atoms with Gasteiger partial charge in [-0.25, -0.2) is 9.97 Å². The molecule has 0 saturated heterocycles. The molecule has 0 radical (unpaired) electrons. The van der Waals surface area contributed by atoms with E-state index in [1.54, 1.807) is 11.3 Å². The van der Waals surface area contributed by atoms with Crippen molar-refractivity contribution in [3.8, 4) is 6.01 Å². The van der Waals surface area contributed by atoms with Gasteiger partial charge in [0.2, 0.25) is 0 Å². The zero-order valence-electron chi connectivity index (χ0n) is 11.6. The fourth-order valence-electron chi connectivity index (χ4n) is 1.95. The maximum Gasteiger partial charge on any atom is 0.316 e. The third-order valence-corrected chi connectivity index (χ3v) is 4.31. The number of nitrogens with one attached hydrogen (secondary N) is 1.